The summed E-state index contributed by atoms with van der Waals surface area (Å²) in [7, 11) is -3.62. The number of hydrogen-bond acceptors (Lipinski definition) is 5. The highest BCUT2D eigenvalue weighted by molar-refractivity contribution is 7.91. The molecule has 1 aromatic heterocycles. The lowest BCUT2D eigenvalue weighted by Gasteiger charge is -2.22. The van der Waals surface area contributed by atoms with E-state index in [9.17, 15) is 13.2 Å². The molecule has 8 heteroatoms. The van der Waals surface area contributed by atoms with Crippen LogP contribution in [0, 0.1) is 0 Å². The molecule has 0 aromatic carbocycles. The Hall–Kier alpha value is -0.960. The highest BCUT2D eigenvalue weighted by Crippen LogP contribution is 2.25. The smallest absolute Gasteiger partial charge is 0.250 e. The molecule has 6 nitrogen and oxygen atoms in total. The Labute approximate surface area is 116 Å². The van der Waals surface area contributed by atoms with Crippen molar-refractivity contribution < 1.29 is 17.9 Å². The molecule has 0 bridgehead atoms. The number of sulfonamides is 1. The Morgan fingerprint density at radius 1 is 1.63 bits per heavy atom. The minimum Gasteiger partial charge on any atom is -0.374 e. The fourth-order valence-electron chi connectivity index (χ4n) is 1.88. The second-order valence-electron chi connectivity index (χ2n) is 4.75. The number of thiophene rings is 1. The quantitative estimate of drug-likeness (QED) is 0.836. The van der Waals surface area contributed by atoms with Crippen molar-refractivity contribution in [2.45, 2.75) is 29.6 Å². The Balaban J connectivity index is 2.07. The van der Waals surface area contributed by atoms with Crippen molar-refractivity contribution in [3.8, 4) is 0 Å². The molecule has 19 heavy (non-hydrogen) atoms. The number of rotatable bonds is 5. The summed E-state index contributed by atoms with van der Waals surface area (Å²) in [5, 5.41) is 1.44. The van der Waals surface area contributed by atoms with E-state index in [2.05, 4.69) is 4.72 Å². The summed E-state index contributed by atoms with van der Waals surface area (Å²) in [6.07, 6.45) is 1.76. The van der Waals surface area contributed by atoms with E-state index in [0.29, 0.717) is 6.61 Å². The van der Waals surface area contributed by atoms with Crippen LogP contribution in [0.4, 0.5) is 0 Å². The summed E-state index contributed by atoms with van der Waals surface area (Å²) in [4.78, 5) is 11.0. The molecule has 1 atom stereocenters. The van der Waals surface area contributed by atoms with Gasteiger partial charge in [0.15, 0.2) is 0 Å². The fourth-order valence-corrected chi connectivity index (χ4v) is 4.25. The number of carbonyl (C=O) groups excluding carboxylic acids is 1. The largest absolute Gasteiger partial charge is 0.374 e. The fraction of sp³-hybridized carbons (Fsp3) is 0.545. The zero-order valence-corrected chi connectivity index (χ0v) is 12.1. The second kappa shape index (κ2) is 5.20. The molecule has 106 valence electrons. The number of primary amides is 1. The summed E-state index contributed by atoms with van der Waals surface area (Å²) in [6, 6.07) is 1.28. The van der Waals surface area contributed by atoms with E-state index in [1.165, 1.54) is 11.4 Å². The van der Waals surface area contributed by atoms with Gasteiger partial charge in [-0.25, -0.2) is 13.1 Å². The van der Waals surface area contributed by atoms with Crippen molar-refractivity contribution in [3.63, 3.8) is 0 Å². The van der Waals surface area contributed by atoms with Gasteiger partial charge in [-0.15, -0.1) is 11.3 Å². The molecular weight excluding hydrogens is 288 g/mol. The predicted molar refractivity (Wildman–Crippen MR) is 71.6 cm³/mol. The molecule has 1 amide bonds. The SMILES string of the molecule is CC1(CNS(=O)(=O)c2cc(C(N)=O)cs2)CCCO1. The van der Waals surface area contributed by atoms with Gasteiger partial charge in [0.1, 0.15) is 4.21 Å². The molecule has 1 aliphatic rings. The van der Waals surface area contributed by atoms with Crippen LogP contribution in [0.3, 0.4) is 0 Å². The van der Waals surface area contributed by atoms with E-state index >= 15 is 0 Å². The van der Waals surface area contributed by atoms with Gasteiger partial charge in [0, 0.05) is 18.5 Å². The number of hydrogen-bond donors (Lipinski definition) is 2. The van der Waals surface area contributed by atoms with Crippen LogP contribution < -0.4 is 10.5 Å². The molecule has 1 aromatic rings. The topological polar surface area (TPSA) is 98.5 Å². The van der Waals surface area contributed by atoms with Crippen molar-refractivity contribution in [3.05, 3.63) is 17.0 Å². The predicted octanol–water partition coefficient (Wildman–Crippen LogP) is 0.694. The summed E-state index contributed by atoms with van der Waals surface area (Å²) in [5.74, 6) is -0.635. The first-order chi connectivity index (χ1) is 8.82. The van der Waals surface area contributed by atoms with Gasteiger partial charge in [-0.2, -0.15) is 0 Å². The van der Waals surface area contributed by atoms with Crippen molar-refractivity contribution >= 4 is 27.3 Å². The van der Waals surface area contributed by atoms with Crippen LogP contribution in [0.15, 0.2) is 15.7 Å². The molecule has 1 saturated heterocycles. The molecule has 2 rings (SSSR count). The van der Waals surface area contributed by atoms with E-state index in [4.69, 9.17) is 10.5 Å². The Bertz CT molecular complexity index is 573. The lowest BCUT2D eigenvalue weighted by molar-refractivity contribution is 0.0250. The van der Waals surface area contributed by atoms with Crippen LogP contribution in [0.1, 0.15) is 30.1 Å². The Kier molecular flexibility index (Phi) is 3.95. The highest BCUT2D eigenvalue weighted by atomic mass is 32.2. The molecule has 1 aliphatic heterocycles. The first kappa shape index (κ1) is 14.4. The van der Waals surface area contributed by atoms with Crippen LogP contribution in [-0.2, 0) is 14.8 Å². The Morgan fingerprint density at radius 2 is 2.37 bits per heavy atom. The highest BCUT2D eigenvalue weighted by Gasteiger charge is 2.31. The van der Waals surface area contributed by atoms with E-state index in [0.717, 1.165) is 24.2 Å². The van der Waals surface area contributed by atoms with Gasteiger partial charge in [0.05, 0.1) is 11.2 Å². The lowest BCUT2D eigenvalue weighted by atomic mass is 10.0. The molecule has 0 spiro atoms. The monoisotopic (exact) mass is 304 g/mol. The molecule has 0 saturated carbocycles. The van der Waals surface area contributed by atoms with Gasteiger partial charge in [-0.05, 0) is 25.8 Å². The molecule has 2 heterocycles. The minimum absolute atomic E-state index is 0.0860. The average molecular weight is 304 g/mol. The molecular formula is C11H16N2O4S2. The summed E-state index contributed by atoms with van der Waals surface area (Å²) in [6.45, 7) is 2.76. The third kappa shape index (κ3) is 3.33. The maximum Gasteiger partial charge on any atom is 0.250 e. The second-order valence-corrected chi connectivity index (χ2v) is 7.65. The third-order valence-corrected chi connectivity index (χ3v) is 5.90. The standard InChI is InChI=1S/C11H16N2O4S2/c1-11(3-2-4-17-11)7-13-19(15,16)9-5-8(6-18-9)10(12)14/h5-6,13H,2-4,7H2,1H3,(H2,12,14). The summed E-state index contributed by atoms with van der Waals surface area (Å²) >= 11 is 0.974. The minimum atomic E-state index is -3.62. The molecule has 1 fully saturated rings. The van der Waals surface area contributed by atoms with Crippen molar-refractivity contribution in [1.29, 1.82) is 0 Å². The normalized spacial score (nSPS) is 23.6. The number of nitrogens with two attached hydrogens (primary N) is 1. The summed E-state index contributed by atoms with van der Waals surface area (Å²) < 4.78 is 32.2. The number of ether oxygens (including phenoxy) is 1. The van der Waals surface area contributed by atoms with Gasteiger partial charge in [0.2, 0.25) is 15.9 Å². The Morgan fingerprint density at radius 3 is 2.89 bits per heavy atom. The van der Waals surface area contributed by atoms with Crippen LogP contribution in [-0.4, -0.2) is 33.1 Å². The first-order valence-corrected chi connectivity index (χ1v) is 8.21. The molecule has 1 unspecified atom stereocenters. The van der Waals surface area contributed by atoms with Gasteiger partial charge < -0.3 is 10.5 Å². The first-order valence-electron chi connectivity index (χ1n) is 5.84. The zero-order chi connectivity index (χ0) is 14.1. The average Bonchev–Trinajstić information content (AvgIpc) is 2.96. The number of amides is 1. The molecule has 0 aliphatic carbocycles. The lowest BCUT2D eigenvalue weighted by Crippen LogP contribution is -2.39. The van der Waals surface area contributed by atoms with E-state index in [1.54, 1.807) is 0 Å². The van der Waals surface area contributed by atoms with Crippen molar-refractivity contribution in [2.24, 2.45) is 5.73 Å². The third-order valence-electron chi connectivity index (χ3n) is 3.06. The maximum absolute atomic E-state index is 12.1. The van der Waals surface area contributed by atoms with Crippen LogP contribution >= 0.6 is 11.3 Å². The summed E-state index contributed by atoms with van der Waals surface area (Å²) in [5.41, 5.74) is 4.85. The van der Waals surface area contributed by atoms with Crippen LogP contribution in [0.25, 0.3) is 0 Å². The number of carbonyl (C=O) groups is 1. The zero-order valence-electron chi connectivity index (χ0n) is 10.5. The molecule has 3 N–H and O–H groups in total. The van der Waals surface area contributed by atoms with E-state index < -0.39 is 21.5 Å². The maximum atomic E-state index is 12.1. The molecule has 0 radical (unpaired) electrons. The van der Waals surface area contributed by atoms with E-state index in [1.807, 2.05) is 6.92 Å². The van der Waals surface area contributed by atoms with Gasteiger partial charge in [-0.1, -0.05) is 0 Å². The van der Waals surface area contributed by atoms with Crippen LogP contribution in [0.2, 0.25) is 0 Å². The van der Waals surface area contributed by atoms with E-state index in [-0.39, 0.29) is 16.3 Å². The van der Waals surface area contributed by atoms with Crippen molar-refractivity contribution in [1.82, 2.24) is 4.72 Å². The van der Waals surface area contributed by atoms with Crippen molar-refractivity contribution in [2.75, 3.05) is 13.2 Å². The van der Waals surface area contributed by atoms with Crippen LogP contribution in [0.5, 0.6) is 0 Å². The van der Waals surface area contributed by atoms with Gasteiger partial charge in [-0.3, -0.25) is 4.79 Å². The number of nitrogens with one attached hydrogen (secondary N) is 1. The van der Waals surface area contributed by atoms with Gasteiger partial charge >= 0.3 is 0 Å². The van der Waals surface area contributed by atoms with Gasteiger partial charge in [0.25, 0.3) is 0 Å².